The zero-order valence-corrected chi connectivity index (χ0v) is 13.4. The Kier molecular flexibility index (Phi) is 5.11. The highest BCUT2D eigenvalue weighted by Crippen LogP contribution is 2.29. The fourth-order valence-corrected chi connectivity index (χ4v) is 4.32. The number of hydrogen-bond acceptors (Lipinski definition) is 4. The first-order valence-electron chi connectivity index (χ1n) is 7.48. The maximum atomic E-state index is 12.6. The first-order valence-corrected chi connectivity index (χ1v) is 8.97. The van der Waals surface area contributed by atoms with E-state index in [4.69, 9.17) is 10.5 Å². The Balaban J connectivity index is 2.28. The van der Waals surface area contributed by atoms with Gasteiger partial charge in [-0.1, -0.05) is 19.8 Å². The number of benzene rings is 1. The second-order valence-corrected chi connectivity index (χ2v) is 7.31. The van der Waals surface area contributed by atoms with E-state index >= 15 is 0 Å². The van der Waals surface area contributed by atoms with Gasteiger partial charge >= 0.3 is 0 Å². The largest absolute Gasteiger partial charge is 0.492 e. The Bertz CT molecular complexity index is 587. The summed E-state index contributed by atoms with van der Waals surface area (Å²) in [6, 6.07) is 4.70. The molecule has 0 heterocycles. The number of nitrogen functional groups attached to an aromatic ring is 1. The molecule has 0 aromatic heterocycles. The SMILES string of the molecule is CCOc1ccc(N)cc1S(=O)(=O)NC1CCCCC1C. The van der Waals surface area contributed by atoms with Gasteiger partial charge in [0.15, 0.2) is 0 Å². The number of hydrogen-bond donors (Lipinski definition) is 2. The average molecular weight is 312 g/mol. The van der Waals surface area contributed by atoms with Gasteiger partial charge < -0.3 is 10.5 Å². The second-order valence-electron chi connectivity index (χ2n) is 5.63. The van der Waals surface area contributed by atoms with Crippen LogP contribution < -0.4 is 15.2 Å². The van der Waals surface area contributed by atoms with E-state index in [1.165, 1.54) is 12.5 Å². The van der Waals surface area contributed by atoms with Crippen LogP contribution in [-0.2, 0) is 10.0 Å². The number of ether oxygens (including phenoxy) is 1. The zero-order valence-electron chi connectivity index (χ0n) is 12.6. The fourth-order valence-electron chi connectivity index (χ4n) is 2.76. The number of nitrogens with one attached hydrogen (secondary N) is 1. The normalized spacial score (nSPS) is 23.0. The van der Waals surface area contributed by atoms with Crippen LogP contribution in [0.1, 0.15) is 39.5 Å². The summed E-state index contributed by atoms with van der Waals surface area (Å²) in [5.41, 5.74) is 6.15. The lowest BCUT2D eigenvalue weighted by Crippen LogP contribution is -2.41. The summed E-state index contributed by atoms with van der Waals surface area (Å²) in [7, 11) is -3.62. The Labute approximate surface area is 126 Å². The number of anilines is 1. The summed E-state index contributed by atoms with van der Waals surface area (Å²) >= 11 is 0. The predicted octanol–water partition coefficient (Wildman–Crippen LogP) is 2.52. The third-order valence-electron chi connectivity index (χ3n) is 3.98. The smallest absolute Gasteiger partial charge is 0.244 e. The molecule has 1 fully saturated rings. The maximum absolute atomic E-state index is 12.6. The third kappa shape index (κ3) is 3.89. The number of nitrogens with two attached hydrogens (primary N) is 1. The highest BCUT2D eigenvalue weighted by molar-refractivity contribution is 7.89. The summed E-state index contributed by atoms with van der Waals surface area (Å²) in [5.74, 6) is 0.702. The van der Waals surface area contributed by atoms with Crippen molar-refractivity contribution in [3.05, 3.63) is 18.2 Å². The van der Waals surface area contributed by atoms with Gasteiger partial charge in [-0.05, 0) is 43.9 Å². The van der Waals surface area contributed by atoms with Crippen LogP contribution >= 0.6 is 0 Å². The van der Waals surface area contributed by atoms with Crippen molar-refractivity contribution < 1.29 is 13.2 Å². The van der Waals surface area contributed by atoms with Gasteiger partial charge in [0.25, 0.3) is 0 Å². The van der Waals surface area contributed by atoms with Crippen LogP contribution in [0.2, 0.25) is 0 Å². The summed E-state index contributed by atoms with van der Waals surface area (Å²) in [6.45, 7) is 4.32. The van der Waals surface area contributed by atoms with Crippen LogP contribution in [0.15, 0.2) is 23.1 Å². The number of rotatable bonds is 5. The van der Waals surface area contributed by atoms with E-state index in [1.54, 1.807) is 12.1 Å². The molecule has 5 nitrogen and oxygen atoms in total. The minimum atomic E-state index is -3.62. The quantitative estimate of drug-likeness (QED) is 0.819. The Morgan fingerprint density at radius 1 is 1.33 bits per heavy atom. The highest BCUT2D eigenvalue weighted by Gasteiger charge is 2.28. The van der Waals surface area contributed by atoms with E-state index in [0.717, 1.165) is 19.3 Å². The van der Waals surface area contributed by atoms with E-state index in [9.17, 15) is 8.42 Å². The Hall–Kier alpha value is -1.27. The van der Waals surface area contributed by atoms with Crippen LogP contribution in [0.3, 0.4) is 0 Å². The molecule has 1 aliphatic carbocycles. The Morgan fingerprint density at radius 2 is 2.05 bits per heavy atom. The standard InChI is InChI=1S/C15H24N2O3S/c1-3-20-14-9-8-12(16)10-15(14)21(18,19)17-13-7-5-4-6-11(13)2/h8-11,13,17H,3-7,16H2,1-2H3. The molecule has 2 unspecified atom stereocenters. The molecule has 3 N–H and O–H groups in total. The van der Waals surface area contributed by atoms with Crippen molar-refractivity contribution in [2.24, 2.45) is 5.92 Å². The van der Waals surface area contributed by atoms with Gasteiger partial charge in [0.1, 0.15) is 10.6 Å². The lowest BCUT2D eigenvalue weighted by Gasteiger charge is -2.29. The minimum absolute atomic E-state index is 0.0142. The first kappa shape index (κ1) is 16.1. The number of sulfonamides is 1. The van der Waals surface area contributed by atoms with Gasteiger partial charge in [-0.2, -0.15) is 0 Å². The topological polar surface area (TPSA) is 81.4 Å². The average Bonchev–Trinajstić information content (AvgIpc) is 2.43. The van der Waals surface area contributed by atoms with E-state index in [-0.39, 0.29) is 10.9 Å². The fraction of sp³-hybridized carbons (Fsp3) is 0.600. The van der Waals surface area contributed by atoms with Crippen molar-refractivity contribution in [2.75, 3.05) is 12.3 Å². The maximum Gasteiger partial charge on any atom is 0.244 e. The molecule has 0 spiro atoms. The zero-order chi connectivity index (χ0) is 15.5. The van der Waals surface area contributed by atoms with Crippen molar-refractivity contribution in [1.29, 1.82) is 0 Å². The molecule has 1 aliphatic rings. The summed E-state index contributed by atoms with van der Waals surface area (Å²) < 4.78 is 33.5. The Morgan fingerprint density at radius 3 is 2.71 bits per heavy atom. The van der Waals surface area contributed by atoms with Crippen molar-refractivity contribution in [3.8, 4) is 5.75 Å². The molecule has 1 saturated carbocycles. The molecule has 118 valence electrons. The third-order valence-corrected chi connectivity index (χ3v) is 5.49. The van der Waals surface area contributed by atoms with E-state index in [1.807, 2.05) is 6.92 Å². The first-order chi connectivity index (χ1) is 9.94. The summed E-state index contributed by atoms with van der Waals surface area (Å²) in [5, 5.41) is 0. The molecule has 0 amide bonds. The second kappa shape index (κ2) is 6.66. The molecular formula is C15H24N2O3S. The molecule has 0 bridgehead atoms. The van der Waals surface area contributed by atoms with Gasteiger partial charge in [-0.15, -0.1) is 0 Å². The van der Waals surface area contributed by atoms with Gasteiger partial charge in [-0.3, -0.25) is 0 Å². The lowest BCUT2D eigenvalue weighted by molar-refractivity contribution is 0.308. The molecule has 0 saturated heterocycles. The van der Waals surface area contributed by atoms with E-state index in [2.05, 4.69) is 11.6 Å². The highest BCUT2D eigenvalue weighted by atomic mass is 32.2. The lowest BCUT2D eigenvalue weighted by atomic mass is 9.87. The monoisotopic (exact) mass is 312 g/mol. The summed E-state index contributed by atoms with van der Waals surface area (Å²) in [6.07, 6.45) is 4.17. The van der Waals surface area contributed by atoms with Crippen molar-refractivity contribution in [1.82, 2.24) is 4.72 Å². The van der Waals surface area contributed by atoms with E-state index in [0.29, 0.717) is 24.0 Å². The van der Waals surface area contributed by atoms with Crippen LogP contribution in [0.5, 0.6) is 5.75 Å². The molecule has 0 radical (unpaired) electrons. The molecule has 0 aliphatic heterocycles. The molecule has 2 atom stereocenters. The van der Waals surface area contributed by atoms with E-state index < -0.39 is 10.0 Å². The van der Waals surface area contributed by atoms with Gasteiger partial charge in [0.05, 0.1) is 6.61 Å². The molecular weight excluding hydrogens is 288 g/mol. The molecule has 1 aromatic carbocycles. The van der Waals surface area contributed by atoms with Crippen LogP contribution in [0.4, 0.5) is 5.69 Å². The van der Waals surface area contributed by atoms with Crippen LogP contribution in [0, 0.1) is 5.92 Å². The van der Waals surface area contributed by atoms with Crippen LogP contribution in [-0.4, -0.2) is 21.1 Å². The summed E-state index contributed by atoms with van der Waals surface area (Å²) in [4.78, 5) is 0.127. The van der Waals surface area contributed by atoms with Crippen molar-refractivity contribution >= 4 is 15.7 Å². The van der Waals surface area contributed by atoms with Gasteiger partial charge in [0.2, 0.25) is 10.0 Å². The van der Waals surface area contributed by atoms with Gasteiger partial charge in [0, 0.05) is 11.7 Å². The molecule has 1 aromatic rings. The predicted molar refractivity (Wildman–Crippen MR) is 83.8 cm³/mol. The molecule has 21 heavy (non-hydrogen) atoms. The molecule has 6 heteroatoms. The molecule has 2 rings (SSSR count). The van der Waals surface area contributed by atoms with Gasteiger partial charge in [-0.25, -0.2) is 13.1 Å². The van der Waals surface area contributed by atoms with Crippen molar-refractivity contribution in [3.63, 3.8) is 0 Å². The van der Waals surface area contributed by atoms with Crippen molar-refractivity contribution in [2.45, 2.75) is 50.5 Å². The minimum Gasteiger partial charge on any atom is -0.492 e. The van der Waals surface area contributed by atoms with Crippen LogP contribution in [0.25, 0.3) is 0 Å².